The first kappa shape index (κ1) is 18.4. The van der Waals surface area contributed by atoms with Crippen LogP contribution in [0.3, 0.4) is 0 Å². The second kappa shape index (κ2) is 8.81. The Morgan fingerprint density at radius 2 is 2.00 bits per heavy atom. The van der Waals surface area contributed by atoms with E-state index in [0.29, 0.717) is 24.1 Å². The highest BCUT2D eigenvalue weighted by molar-refractivity contribution is 5.84. The van der Waals surface area contributed by atoms with Crippen LogP contribution in [0.1, 0.15) is 46.0 Å². The Morgan fingerprint density at radius 1 is 1.29 bits per heavy atom. The number of ether oxygens (including phenoxy) is 2. The Balaban J connectivity index is 2.00. The molecule has 24 heavy (non-hydrogen) atoms. The first-order chi connectivity index (χ1) is 11.6. The van der Waals surface area contributed by atoms with Crippen molar-refractivity contribution in [3.63, 3.8) is 0 Å². The molecule has 1 saturated carbocycles. The number of rotatable bonds is 7. The van der Waals surface area contributed by atoms with Gasteiger partial charge < -0.3 is 19.7 Å². The summed E-state index contributed by atoms with van der Waals surface area (Å²) in [4.78, 5) is 14.6. The normalized spacial score (nSPS) is 16.3. The van der Waals surface area contributed by atoms with Gasteiger partial charge in [-0.1, -0.05) is 19.3 Å². The molecule has 1 aliphatic carbocycles. The maximum atomic E-state index is 12.7. The zero-order valence-electron chi connectivity index (χ0n) is 15.3. The molecule has 0 aliphatic heterocycles. The average molecular weight is 334 g/mol. The molecule has 134 valence electrons. The Bertz CT molecular complexity index is 541. The number of nitrogens with zero attached hydrogens (tertiary/aromatic N) is 1. The molecule has 5 heteroatoms. The van der Waals surface area contributed by atoms with Crippen LogP contribution in [0, 0.1) is 0 Å². The van der Waals surface area contributed by atoms with E-state index in [9.17, 15) is 4.79 Å². The minimum absolute atomic E-state index is 0.134. The second-order valence-corrected chi connectivity index (χ2v) is 6.41. The summed E-state index contributed by atoms with van der Waals surface area (Å²) in [5, 5.41) is 3.28. The highest BCUT2D eigenvalue weighted by Crippen LogP contribution is 2.30. The third kappa shape index (κ3) is 4.56. The number of anilines is 1. The van der Waals surface area contributed by atoms with Crippen LogP contribution in [0.25, 0.3) is 0 Å². The van der Waals surface area contributed by atoms with Crippen LogP contribution in [0.5, 0.6) is 11.5 Å². The molecule has 0 aromatic heterocycles. The molecule has 5 nitrogen and oxygen atoms in total. The topological polar surface area (TPSA) is 50.8 Å². The predicted molar refractivity (Wildman–Crippen MR) is 96.9 cm³/mol. The minimum Gasteiger partial charge on any atom is -0.493 e. The molecule has 0 spiro atoms. The monoisotopic (exact) mass is 334 g/mol. The smallest absolute Gasteiger partial charge is 0.244 e. The van der Waals surface area contributed by atoms with Gasteiger partial charge in [0, 0.05) is 24.8 Å². The van der Waals surface area contributed by atoms with Gasteiger partial charge in [-0.3, -0.25) is 4.79 Å². The van der Waals surface area contributed by atoms with E-state index in [4.69, 9.17) is 9.47 Å². The molecule has 2 rings (SSSR count). The van der Waals surface area contributed by atoms with Crippen molar-refractivity contribution in [3.05, 3.63) is 18.2 Å². The summed E-state index contributed by atoms with van der Waals surface area (Å²) in [5.74, 6) is 1.51. The third-order valence-corrected chi connectivity index (χ3v) is 4.69. The van der Waals surface area contributed by atoms with Crippen molar-refractivity contribution in [2.75, 3.05) is 26.1 Å². The van der Waals surface area contributed by atoms with Crippen molar-refractivity contribution in [3.8, 4) is 11.5 Å². The fourth-order valence-electron chi connectivity index (χ4n) is 3.30. The zero-order chi connectivity index (χ0) is 17.5. The Kier molecular flexibility index (Phi) is 6.76. The summed E-state index contributed by atoms with van der Waals surface area (Å²) in [6.07, 6.45) is 5.97. The number of methoxy groups -OCH3 is 1. The molecule has 1 atom stereocenters. The van der Waals surface area contributed by atoms with Gasteiger partial charge in [0.2, 0.25) is 5.91 Å². The molecule has 0 bridgehead atoms. The van der Waals surface area contributed by atoms with Crippen LogP contribution in [0.2, 0.25) is 0 Å². The van der Waals surface area contributed by atoms with E-state index in [-0.39, 0.29) is 11.9 Å². The summed E-state index contributed by atoms with van der Waals surface area (Å²) in [6, 6.07) is 5.75. The number of hydrogen-bond donors (Lipinski definition) is 1. The number of carbonyl (C=O) groups is 1. The molecule has 1 N–H and O–H groups in total. The number of likely N-dealkylation sites (N-methyl/N-ethyl adjacent to an activating group) is 1. The maximum absolute atomic E-state index is 12.7. The van der Waals surface area contributed by atoms with Gasteiger partial charge in [-0.05, 0) is 38.8 Å². The van der Waals surface area contributed by atoms with Crippen LogP contribution < -0.4 is 14.8 Å². The van der Waals surface area contributed by atoms with E-state index in [0.717, 1.165) is 18.5 Å². The SMILES string of the molecule is CCOc1ccc(N[C@@H](C)C(=O)N(C)C2CCCCC2)cc1OC. The lowest BCUT2D eigenvalue weighted by molar-refractivity contribution is -0.133. The van der Waals surface area contributed by atoms with Gasteiger partial charge in [-0.15, -0.1) is 0 Å². The van der Waals surface area contributed by atoms with Gasteiger partial charge in [0.05, 0.1) is 13.7 Å². The van der Waals surface area contributed by atoms with E-state index >= 15 is 0 Å². The van der Waals surface area contributed by atoms with Crippen molar-refractivity contribution in [2.24, 2.45) is 0 Å². The van der Waals surface area contributed by atoms with Gasteiger partial charge in [-0.2, -0.15) is 0 Å². The van der Waals surface area contributed by atoms with E-state index in [1.54, 1.807) is 7.11 Å². The van der Waals surface area contributed by atoms with Gasteiger partial charge >= 0.3 is 0 Å². The predicted octanol–water partition coefficient (Wildman–Crippen LogP) is 3.69. The molecule has 0 heterocycles. The summed E-state index contributed by atoms with van der Waals surface area (Å²) in [6.45, 7) is 4.43. The zero-order valence-corrected chi connectivity index (χ0v) is 15.3. The summed E-state index contributed by atoms with van der Waals surface area (Å²) in [7, 11) is 3.54. The fraction of sp³-hybridized carbons (Fsp3) is 0.632. The Labute approximate surface area is 145 Å². The Hall–Kier alpha value is -1.91. The quantitative estimate of drug-likeness (QED) is 0.826. The van der Waals surface area contributed by atoms with Crippen molar-refractivity contribution in [1.29, 1.82) is 0 Å². The fourth-order valence-corrected chi connectivity index (χ4v) is 3.30. The molecular weight excluding hydrogens is 304 g/mol. The molecule has 0 unspecified atom stereocenters. The standard InChI is InChI=1S/C19H30N2O3/c1-5-24-17-12-11-15(13-18(17)23-4)20-14(2)19(22)21(3)16-9-7-6-8-10-16/h11-14,16,20H,5-10H2,1-4H3/t14-/m0/s1. The van der Waals surface area contributed by atoms with Crippen LogP contribution in [0.4, 0.5) is 5.69 Å². The average Bonchev–Trinajstić information content (AvgIpc) is 2.62. The largest absolute Gasteiger partial charge is 0.493 e. The lowest BCUT2D eigenvalue weighted by Crippen LogP contribution is -2.45. The molecule has 0 radical (unpaired) electrons. The summed E-state index contributed by atoms with van der Waals surface area (Å²) < 4.78 is 10.9. The van der Waals surface area contributed by atoms with Crippen molar-refractivity contribution in [1.82, 2.24) is 4.90 Å². The maximum Gasteiger partial charge on any atom is 0.244 e. The molecule has 1 aromatic carbocycles. The second-order valence-electron chi connectivity index (χ2n) is 6.41. The lowest BCUT2D eigenvalue weighted by atomic mass is 9.94. The van der Waals surface area contributed by atoms with Gasteiger partial charge in [0.25, 0.3) is 0 Å². The molecule has 1 aliphatic rings. The summed E-state index contributed by atoms with van der Waals surface area (Å²) >= 11 is 0. The first-order valence-electron chi connectivity index (χ1n) is 8.90. The highest BCUT2D eigenvalue weighted by Gasteiger charge is 2.25. The Morgan fingerprint density at radius 3 is 2.62 bits per heavy atom. The highest BCUT2D eigenvalue weighted by atomic mass is 16.5. The van der Waals surface area contributed by atoms with Crippen LogP contribution in [0.15, 0.2) is 18.2 Å². The van der Waals surface area contributed by atoms with Gasteiger partial charge in [-0.25, -0.2) is 0 Å². The summed E-state index contributed by atoms with van der Waals surface area (Å²) in [5.41, 5.74) is 0.855. The number of carbonyl (C=O) groups excluding carboxylic acids is 1. The van der Waals surface area contributed by atoms with E-state index in [2.05, 4.69) is 5.32 Å². The van der Waals surface area contributed by atoms with Crippen LogP contribution in [-0.4, -0.2) is 43.7 Å². The third-order valence-electron chi connectivity index (χ3n) is 4.69. The number of hydrogen-bond acceptors (Lipinski definition) is 4. The van der Waals surface area contributed by atoms with Crippen molar-refractivity contribution < 1.29 is 14.3 Å². The first-order valence-corrected chi connectivity index (χ1v) is 8.90. The van der Waals surface area contributed by atoms with Gasteiger partial charge in [0.15, 0.2) is 11.5 Å². The molecule has 1 aromatic rings. The van der Waals surface area contributed by atoms with Crippen molar-refractivity contribution >= 4 is 11.6 Å². The van der Waals surface area contributed by atoms with Crippen LogP contribution >= 0.6 is 0 Å². The van der Waals surface area contributed by atoms with E-state index < -0.39 is 0 Å². The molecule has 1 fully saturated rings. The van der Waals surface area contributed by atoms with Crippen LogP contribution in [-0.2, 0) is 4.79 Å². The van der Waals surface area contributed by atoms with Gasteiger partial charge in [0.1, 0.15) is 6.04 Å². The number of benzene rings is 1. The van der Waals surface area contributed by atoms with E-state index in [1.807, 2.05) is 44.0 Å². The molecule has 1 amide bonds. The van der Waals surface area contributed by atoms with Crippen molar-refractivity contribution in [2.45, 2.75) is 58.0 Å². The molecular formula is C19H30N2O3. The van der Waals surface area contributed by atoms with E-state index in [1.165, 1.54) is 19.3 Å². The lowest BCUT2D eigenvalue weighted by Gasteiger charge is -2.33. The molecule has 0 saturated heterocycles. The number of amides is 1. The number of nitrogens with one attached hydrogen (secondary N) is 1. The minimum atomic E-state index is -0.278.